The van der Waals surface area contributed by atoms with Gasteiger partial charge in [-0.3, -0.25) is 0 Å². The first-order valence-corrected chi connectivity index (χ1v) is 9.86. The standard InChI is InChI=1S/C20H22N2O4S/c1-25-18-7-3-16(4-8-18)14-22(27(23,24)20-11-12-21-13-20)15-17-5-9-19(26-2)10-6-17/h3-13,21H,14-15H2,1-2H3. The second-order valence-electron chi connectivity index (χ2n) is 6.02. The molecule has 2 aromatic carbocycles. The lowest BCUT2D eigenvalue weighted by molar-refractivity contribution is 0.397. The van der Waals surface area contributed by atoms with Crippen LogP contribution in [0.5, 0.6) is 11.5 Å². The average molecular weight is 386 g/mol. The quantitative estimate of drug-likeness (QED) is 0.644. The van der Waals surface area contributed by atoms with Crippen LogP contribution >= 0.6 is 0 Å². The first kappa shape index (κ1) is 19.0. The number of nitrogens with zero attached hydrogens (tertiary/aromatic N) is 1. The number of methoxy groups -OCH3 is 2. The molecule has 0 spiro atoms. The molecule has 0 aliphatic heterocycles. The number of ether oxygens (including phenoxy) is 2. The summed E-state index contributed by atoms with van der Waals surface area (Å²) in [5, 5.41) is 0. The van der Waals surface area contributed by atoms with Gasteiger partial charge in [-0.2, -0.15) is 4.31 Å². The Hall–Kier alpha value is -2.77. The van der Waals surface area contributed by atoms with Crippen LogP contribution in [0.3, 0.4) is 0 Å². The molecule has 0 aliphatic carbocycles. The molecule has 0 bridgehead atoms. The van der Waals surface area contributed by atoms with Crippen LogP contribution in [0.25, 0.3) is 0 Å². The number of rotatable bonds is 8. The Bertz CT molecular complexity index is 901. The molecule has 6 nitrogen and oxygen atoms in total. The Morgan fingerprint density at radius 2 is 1.30 bits per heavy atom. The monoisotopic (exact) mass is 386 g/mol. The minimum absolute atomic E-state index is 0.240. The molecule has 0 atom stereocenters. The highest BCUT2D eigenvalue weighted by molar-refractivity contribution is 7.89. The van der Waals surface area contributed by atoms with Crippen molar-refractivity contribution < 1.29 is 17.9 Å². The molecule has 7 heteroatoms. The lowest BCUT2D eigenvalue weighted by atomic mass is 10.2. The van der Waals surface area contributed by atoms with Crippen LogP contribution in [-0.4, -0.2) is 31.9 Å². The summed E-state index contributed by atoms with van der Waals surface area (Å²) in [6.45, 7) is 0.507. The van der Waals surface area contributed by atoms with E-state index in [4.69, 9.17) is 9.47 Å². The maximum Gasteiger partial charge on any atom is 0.245 e. The zero-order valence-corrected chi connectivity index (χ0v) is 16.1. The van der Waals surface area contributed by atoms with Gasteiger partial charge in [-0.05, 0) is 41.5 Å². The fraction of sp³-hybridized carbons (Fsp3) is 0.200. The van der Waals surface area contributed by atoms with Crippen molar-refractivity contribution in [3.05, 3.63) is 78.1 Å². The van der Waals surface area contributed by atoms with E-state index in [0.717, 1.165) is 22.6 Å². The van der Waals surface area contributed by atoms with Crippen molar-refractivity contribution in [2.45, 2.75) is 18.0 Å². The molecule has 3 rings (SSSR count). The van der Waals surface area contributed by atoms with Crippen LogP contribution < -0.4 is 9.47 Å². The van der Waals surface area contributed by atoms with Crippen LogP contribution in [0.2, 0.25) is 0 Å². The van der Waals surface area contributed by atoms with E-state index in [1.165, 1.54) is 10.5 Å². The van der Waals surface area contributed by atoms with Crippen molar-refractivity contribution in [1.82, 2.24) is 9.29 Å². The van der Waals surface area contributed by atoms with E-state index in [2.05, 4.69) is 4.98 Å². The van der Waals surface area contributed by atoms with Gasteiger partial charge in [0.25, 0.3) is 0 Å². The van der Waals surface area contributed by atoms with Gasteiger partial charge in [0, 0.05) is 25.5 Å². The Morgan fingerprint density at radius 1 is 0.815 bits per heavy atom. The highest BCUT2D eigenvalue weighted by atomic mass is 32.2. The number of nitrogens with one attached hydrogen (secondary N) is 1. The van der Waals surface area contributed by atoms with Gasteiger partial charge in [-0.1, -0.05) is 24.3 Å². The molecule has 0 saturated carbocycles. The summed E-state index contributed by atoms with van der Waals surface area (Å²) < 4.78 is 38.0. The number of aromatic amines is 1. The highest BCUT2D eigenvalue weighted by Crippen LogP contribution is 2.23. The first-order chi connectivity index (χ1) is 13.0. The maximum absolute atomic E-state index is 13.1. The predicted molar refractivity (Wildman–Crippen MR) is 103 cm³/mol. The van der Waals surface area contributed by atoms with Crippen molar-refractivity contribution in [2.24, 2.45) is 0 Å². The van der Waals surface area contributed by atoms with Crippen LogP contribution in [0.4, 0.5) is 0 Å². The molecule has 0 aliphatic rings. The molecule has 0 fully saturated rings. The van der Waals surface area contributed by atoms with Gasteiger partial charge >= 0.3 is 0 Å². The molecule has 0 unspecified atom stereocenters. The van der Waals surface area contributed by atoms with Crippen molar-refractivity contribution in [2.75, 3.05) is 14.2 Å². The van der Waals surface area contributed by atoms with E-state index in [-0.39, 0.29) is 18.0 Å². The van der Waals surface area contributed by atoms with Crippen LogP contribution in [-0.2, 0) is 23.1 Å². The van der Waals surface area contributed by atoms with Crippen molar-refractivity contribution in [1.29, 1.82) is 0 Å². The average Bonchev–Trinajstić information content (AvgIpc) is 3.24. The summed E-state index contributed by atoms with van der Waals surface area (Å²) in [5.74, 6) is 1.46. The maximum atomic E-state index is 13.1. The Balaban J connectivity index is 1.89. The highest BCUT2D eigenvalue weighted by Gasteiger charge is 2.25. The van der Waals surface area contributed by atoms with E-state index in [1.54, 1.807) is 26.5 Å². The zero-order valence-electron chi connectivity index (χ0n) is 15.3. The van der Waals surface area contributed by atoms with Gasteiger partial charge in [0.2, 0.25) is 10.0 Å². The fourth-order valence-electron chi connectivity index (χ4n) is 2.71. The number of H-pyrrole nitrogens is 1. The summed E-state index contributed by atoms with van der Waals surface area (Å²) in [6.07, 6.45) is 3.09. The second-order valence-corrected chi connectivity index (χ2v) is 7.95. The molecular formula is C20H22N2O4S. The Kier molecular flexibility index (Phi) is 5.83. The van der Waals surface area contributed by atoms with Gasteiger partial charge in [-0.15, -0.1) is 0 Å². The van der Waals surface area contributed by atoms with Crippen molar-refractivity contribution in [3.8, 4) is 11.5 Å². The summed E-state index contributed by atoms with van der Waals surface area (Å²) in [4.78, 5) is 3.05. The summed E-state index contributed by atoms with van der Waals surface area (Å²) in [5.41, 5.74) is 1.76. The van der Waals surface area contributed by atoms with E-state index >= 15 is 0 Å². The topological polar surface area (TPSA) is 71.6 Å². The third-order valence-corrected chi connectivity index (χ3v) is 6.03. The summed E-state index contributed by atoms with van der Waals surface area (Å²) in [7, 11) is -0.449. The Morgan fingerprint density at radius 3 is 1.67 bits per heavy atom. The molecule has 0 saturated heterocycles. The third kappa shape index (κ3) is 4.50. The molecular weight excluding hydrogens is 364 g/mol. The van der Waals surface area contributed by atoms with Gasteiger partial charge in [0.05, 0.1) is 19.1 Å². The number of aromatic nitrogens is 1. The lowest BCUT2D eigenvalue weighted by Crippen LogP contribution is -2.30. The molecule has 0 radical (unpaired) electrons. The van der Waals surface area contributed by atoms with Crippen LogP contribution in [0.1, 0.15) is 11.1 Å². The smallest absolute Gasteiger partial charge is 0.245 e. The number of hydrogen-bond acceptors (Lipinski definition) is 4. The van der Waals surface area contributed by atoms with Crippen LogP contribution in [0.15, 0.2) is 71.9 Å². The van der Waals surface area contributed by atoms with E-state index in [1.807, 2.05) is 48.5 Å². The van der Waals surface area contributed by atoms with Crippen molar-refractivity contribution >= 4 is 10.0 Å². The fourth-order valence-corrected chi connectivity index (χ4v) is 4.11. The minimum atomic E-state index is -3.65. The van der Waals surface area contributed by atoms with Gasteiger partial charge in [-0.25, -0.2) is 8.42 Å². The minimum Gasteiger partial charge on any atom is -0.497 e. The third-order valence-electron chi connectivity index (χ3n) is 4.24. The molecule has 27 heavy (non-hydrogen) atoms. The molecule has 1 N–H and O–H groups in total. The zero-order chi connectivity index (χ0) is 19.3. The number of benzene rings is 2. The normalized spacial score (nSPS) is 11.5. The second kappa shape index (κ2) is 8.28. The van der Waals surface area contributed by atoms with Gasteiger partial charge in [0.1, 0.15) is 11.5 Å². The lowest BCUT2D eigenvalue weighted by Gasteiger charge is -2.22. The molecule has 3 aromatic rings. The van der Waals surface area contributed by atoms with E-state index in [0.29, 0.717) is 0 Å². The van der Waals surface area contributed by atoms with Gasteiger partial charge < -0.3 is 14.5 Å². The molecule has 0 amide bonds. The van der Waals surface area contributed by atoms with Crippen molar-refractivity contribution in [3.63, 3.8) is 0 Å². The van der Waals surface area contributed by atoms with Crippen LogP contribution in [0, 0.1) is 0 Å². The first-order valence-electron chi connectivity index (χ1n) is 8.42. The van der Waals surface area contributed by atoms with Gasteiger partial charge in [0.15, 0.2) is 0 Å². The molecule has 1 heterocycles. The molecule has 1 aromatic heterocycles. The Labute approximate surface area is 159 Å². The molecule has 142 valence electrons. The summed E-state index contributed by atoms with van der Waals surface area (Å²) in [6, 6.07) is 16.3. The number of hydrogen-bond donors (Lipinski definition) is 1. The van der Waals surface area contributed by atoms with E-state index < -0.39 is 10.0 Å². The SMILES string of the molecule is COc1ccc(CN(Cc2ccc(OC)cc2)S(=O)(=O)c2cc[nH]c2)cc1. The predicted octanol–water partition coefficient (Wildman–Crippen LogP) is 3.42. The van der Waals surface area contributed by atoms with E-state index in [9.17, 15) is 8.42 Å². The number of sulfonamides is 1. The largest absolute Gasteiger partial charge is 0.497 e. The summed E-state index contributed by atoms with van der Waals surface area (Å²) >= 11 is 0.